The standard InChI is InChI=1S/C14H21NO6S3/c1-12(22-13-4-2-3-7-15-13)5-8-23(18,19)10-11-24(20,21)9-6-14(16)17/h2-4,7,12H,5-6,8-11H2,1H3,(H,16,17). The van der Waals surface area contributed by atoms with Gasteiger partial charge in [0, 0.05) is 11.4 Å². The summed E-state index contributed by atoms with van der Waals surface area (Å²) in [4.78, 5) is 14.5. The van der Waals surface area contributed by atoms with E-state index < -0.39 is 49.3 Å². The van der Waals surface area contributed by atoms with E-state index in [1.165, 1.54) is 11.8 Å². The number of thioether (sulfide) groups is 1. The highest BCUT2D eigenvalue weighted by atomic mass is 32.2. The SMILES string of the molecule is CC(CCS(=O)(=O)CCS(=O)(=O)CCC(=O)O)Sc1ccccn1. The number of rotatable bonds is 11. The van der Waals surface area contributed by atoms with Crippen LogP contribution in [0.15, 0.2) is 29.4 Å². The normalized spacial score (nSPS) is 13.5. The zero-order valence-corrected chi connectivity index (χ0v) is 15.7. The lowest BCUT2D eigenvalue weighted by atomic mass is 10.4. The maximum atomic E-state index is 12.0. The smallest absolute Gasteiger partial charge is 0.304 e. The molecule has 0 aliphatic carbocycles. The van der Waals surface area contributed by atoms with Gasteiger partial charge in [-0.2, -0.15) is 0 Å². The van der Waals surface area contributed by atoms with Crippen LogP contribution in [-0.4, -0.2) is 61.2 Å². The second kappa shape index (κ2) is 9.38. The summed E-state index contributed by atoms with van der Waals surface area (Å²) in [5.74, 6) is -2.88. The third kappa shape index (κ3) is 9.24. The Bertz CT molecular complexity index is 731. The molecular formula is C14H21NO6S3. The van der Waals surface area contributed by atoms with Crippen LogP contribution < -0.4 is 0 Å². The molecule has 1 aromatic rings. The van der Waals surface area contributed by atoms with Crippen molar-refractivity contribution in [3.05, 3.63) is 24.4 Å². The fraction of sp³-hybridized carbons (Fsp3) is 0.571. The fourth-order valence-electron chi connectivity index (χ4n) is 1.73. The van der Waals surface area contributed by atoms with Gasteiger partial charge in [-0.1, -0.05) is 13.0 Å². The summed E-state index contributed by atoms with van der Waals surface area (Å²) >= 11 is 1.46. The van der Waals surface area contributed by atoms with E-state index in [1.807, 2.05) is 19.1 Å². The molecule has 1 rings (SSSR count). The molecule has 136 valence electrons. The molecule has 1 N–H and O–H groups in total. The average molecular weight is 396 g/mol. The van der Waals surface area contributed by atoms with Gasteiger partial charge >= 0.3 is 5.97 Å². The van der Waals surface area contributed by atoms with Crippen molar-refractivity contribution in [3.8, 4) is 0 Å². The number of aromatic nitrogens is 1. The molecule has 1 heterocycles. The van der Waals surface area contributed by atoms with Gasteiger partial charge in [-0.3, -0.25) is 4.79 Å². The van der Waals surface area contributed by atoms with E-state index in [2.05, 4.69) is 4.98 Å². The lowest BCUT2D eigenvalue weighted by Crippen LogP contribution is -2.23. The number of carbonyl (C=O) groups is 1. The number of carboxylic acids is 1. The fourth-order valence-corrected chi connectivity index (χ4v) is 6.44. The third-order valence-corrected chi connectivity index (χ3v) is 7.84. The molecule has 0 aromatic carbocycles. The molecule has 0 amide bonds. The van der Waals surface area contributed by atoms with E-state index in [-0.39, 0.29) is 11.0 Å². The zero-order valence-electron chi connectivity index (χ0n) is 13.3. The Morgan fingerprint density at radius 2 is 1.75 bits per heavy atom. The largest absolute Gasteiger partial charge is 0.481 e. The summed E-state index contributed by atoms with van der Waals surface area (Å²) in [6.07, 6.45) is 1.53. The number of aliphatic carboxylic acids is 1. The van der Waals surface area contributed by atoms with Gasteiger partial charge in [0.25, 0.3) is 0 Å². The van der Waals surface area contributed by atoms with Crippen molar-refractivity contribution in [2.24, 2.45) is 0 Å². The van der Waals surface area contributed by atoms with Crippen LogP contribution in [0.3, 0.4) is 0 Å². The van der Waals surface area contributed by atoms with Gasteiger partial charge in [0.05, 0.1) is 34.5 Å². The molecule has 0 saturated carbocycles. The molecule has 0 aliphatic heterocycles. The average Bonchev–Trinajstić information content (AvgIpc) is 2.51. The van der Waals surface area contributed by atoms with Gasteiger partial charge in [-0.25, -0.2) is 21.8 Å². The monoisotopic (exact) mass is 395 g/mol. The molecule has 0 spiro atoms. The highest BCUT2D eigenvalue weighted by Crippen LogP contribution is 2.23. The van der Waals surface area contributed by atoms with Gasteiger partial charge in [-0.05, 0) is 18.6 Å². The minimum atomic E-state index is -3.67. The van der Waals surface area contributed by atoms with Crippen molar-refractivity contribution in [2.75, 3.05) is 23.0 Å². The van der Waals surface area contributed by atoms with Crippen LogP contribution in [0.5, 0.6) is 0 Å². The summed E-state index contributed by atoms with van der Waals surface area (Å²) in [7, 11) is -7.17. The Morgan fingerprint density at radius 1 is 1.12 bits per heavy atom. The third-order valence-electron chi connectivity index (χ3n) is 3.13. The minimum absolute atomic E-state index is 0.0262. The molecule has 0 radical (unpaired) electrons. The first kappa shape index (κ1) is 20.9. The van der Waals surface area contributed by atoms with Crippen LogP contribution in [0.25, 0.3) is 0 Å². The Morgan fingerprint density at radius 3 is 2.29 bits per heavy atom. The van der Waals surface area contributed by atoms with Crippen LogP contribution >= 0.6 is 11.8 Å². The second-order valence-electron chi connectivity index (χ2n) is 5.33. The molecular weight excluding hydrogens is 374 g/mol. The van der Waals surface area contributed by atoms with Gasteiger partial charge in [-0.15, -0.1) is 11.8 Å². The first-order chi connectivity index (χ1) is 11.1. The molecule has 0 aliphatic rings. The predicted octanol–water partition coefficient (Wildman–Crippen LogP) is 1.26. The number of pyridine rings is 1. The number of sulfone groups is 2. The Labute approximate surface area is 146 Å². The highest BCUT2D eigenvalue weighted by Gasteiger charge is 2.20. The molecule has 0 saturated heterocycles. The van der Waals surface area contributed by atoms with Crippen LogP contribution in [0.1, 0.15) is 19.8 Å². The topological polar surface area (TPSA) is 118 Å². The number of carboxylic acid groups (broad SMARTS) is 1. The molecule has 1 aromatic heterocycles. The summed E-state index contributed by atoms with van der Waals surface area (Å²) in [5.41, 5.74) is 0. The van der Waals surface area contributed by atoms with Gasteiger partial charge in [0.2, 0.25) is 0 Å². The minimum Gasteiger partial charge on any atom is -0.481 e. The van der Waals surface area contributed by atoms with E-state index >= 15 is 0 Å². The van der Waals surface area contributed by atoms with Crippen molar-refractivity contribution in [2.45, 2.75) is 30.0 Å². The van der Waals surface area contributed by atoms with Crippen molar-refractivity contribution in [1.29, 1.82) is 0 Å². The quantitative estimate of drug-likeness (QED) is 0.556. The first-order valence-electron chi connectivity index (χ1n) is 7.30. The molecule has 24 heavy (non-hydrogen) atoms. The zero-order chi connectivity index (χ0) is 18.2. The van der Waals surface area contributed by atoms with E-state index in [4.69, 9.17) is 5.11 Å². The van der Waals surface area contributed by atoms with Crippen molar-refractivity contribution in [1.82, 2.24) is 4.98 Å². The van der Waals surface area contributed by atoms with Gasteiger partial charge in [0.1, 0.15) is 0 Å². The van der Waals surface area contributed by atoms with Crippen molar-refractivity contribution < 1.29 is 26.7 Å². The maximum Gasteiger partial charge on any atom is 0.304 e. The lowest BCUT2D eigenvalue weighted by molar-refractivity contribution is -0.136. The van der Waals surface area contributed by atoms with Crippen LogP contribution in [0.2, 0.25) is 0 Å². The van der Waals surface area contributed by atoms with Crippen LogP contribution in [-0.2, 0) is 24.5 Å². The summed E-state index contributed by atoms with van der Waals surface area (Å²) in [6.45, 7) is 1.89. The molecule has 0 fully saturated rings. The number of hydrogen-bond acceptors (Lipinski definition) is 7. The molecule has 10 heteroatoms. The maximum absolute atomic E-state index is 12.0. The Hall–Kier alpha value is -1.13. The van der Waals surface area contributed by atoms with Gasteiger partial charge < -0.3 is 5.11 Å². The van der Waals surface area contributed by atoms with Crippen molar-refractivity contribution in [3.63, 3.8) is 0 Å². The summed E-state index contributed by atoms with van der Waals surface area (Å²) in [5, 5.41) is 9.31. The molecule has 1 atom stereocenters. The lowest BCUT2D eigenvalue weighted by Gasteiger charge is -2.11. The first-order valence-corrected chi connectivity index (χ1v) is 11.8. The molecule has 0 bridgehead atoms. The Balaban J connectivity index is 2.42. The van der Waals surface area contributed by atoms with Gasteiger partial charge in [0.15, 0.2) is 19.7 Å². The highest BCUT2D eigenvalue weighted by molar-refractivity contribution is 8.00. The summed E-state index contributed by atoms with van der Waals surface area (Å²) < 4.78 is 47.2. The Kier molecular flexibility index (Phi) is 8.17. The van der Waals surface area contributed by atoms with Crippen LogP contribution in [0, 0.1) is 0 Å². The predicted molar refractivity (Wildman–Crippen MR) is 93.7 cm³/mol. The summed E-state index contributed by atoms with van der Waals surface area (Å²) in [6, 6.07) is 5.48. The molecule has 7 nitrogen and oxygen atoms in total. The number of nitrogens with zero attached hydrogens (tertiary/aromatic N) is 1. The van der Waals surface area contributed by atoms with Crippen molar-refractivity contribution >= 4 is 37.4 Å². The van der Waals surface area contributed by atoms with Crippen LogP contribution in [0.4, 0.5) is 0 Å². The van der Waals surface area contributed by atoms with E-state index in [0.717, 1.165) is 5.03 Å². The number of hydrogen-bond donors (Lipinski definition) is 1. The molecule has 1 unspecified atom stereocenters. The second-order valence-corrected chi connectivity index (χ2v) is 11.4. The van der Waals surface area contributed by atoms with E-state index in [1.54, 1.807) is 12.3 Å². The van der Waals surface area contributed by atoms with E-state index in [0.29, 0.717) is 6.42 Å². The van der Waals surface area contributed by atoms with E-state index in [9.17, 15) is 21.6 Å².